The highest BCUT2D eigenvalue weighted by Crippen LogP contribution is 2.20. The smallest absolute Gasteiger partial charge is 0.0595 e. The van der Waals surface area contributed by atoms with Crippen molar-refractivity contribution in [3.05, 3.63) is 0 Å². The van der Waals surface area contributed by atoms with Crippen molar-refractivity contribution in [3.8, 4) is 0 Å². The number of hydrogen-bond donors (Lipinski definition) is 1. The second-order valence-electron chi connectivity index (χ2n) is 3.89. The molecule has 2 atom stereocenters. The normalized spacial score (nSPS) is 32.7. The molecule has 1 fully saturated rings. The summed E-state index contributed by atoms with van der Waals surface area (Å²) in [4.78, 5) is 0. The lowest BCUT2D eigenvalue weighted by atomic mass is 9.96. The van der Waals surface area contributed by atoms with Crippen LogP contribution in [0.2, 0.25) is 0 Å². The van der Waals surface area contributed by atoms with Gasteiger partial charge in [0.05, 0.1) is 4.05 Å². The Morgan fingerprint density at radius 3 is 2.73 bits per heavy atom. The lowest BCUT2D eigenvalue weighted by molar-refractivity contribution is 0.340. The van der Waals surface area contributed by atoms with Crippen molar-refractivity contribution in [1.29, 1.82) is 0 Å². The number of nitrogens with one attached hydrogen (secondary N) is 1. The average Bonchev–Trinajstić information content (AvgIpc) is 1.85. The summed E-state index contributed by atoms with van der Waals surface area (Å²) in [6.45, 7) is 4.61. The highest BCUT2D eigenvalue weighted by Gasteiger charge is 2.18. The van der Waals surface area contributed by atoms with Crippen LogP contribution in [0.15, 0.2) is 0 Å². The van der Waals surface area contributed by atoms with E-state index in [9.17, 15) is 0 Å². The van der Waals surface area contributed by atoms with E-state index in [1.54, 1.807) is 0 Å². The van der Waals surface area contributed by atoms with Crippen molar-refractivity contribution < 1.29 is 0 Å². The van der Waals surface area contributed by atoms with Crippen molar-refractivity contribution in [2.75, 3.05) is 0 Å². The van der Waals surface area contributed by atoms with E-state index in [1.165, 1.54) is 25.7 Å². The molecular formula is C9H18IN. The minimum Gasteiger partial charge on any atom is -0.303 e. The first kappa shape index (κ1) is 9.78. The maximum Gasteiger partial charge on any atom is 0.0595 e. The molecule has 0 saturated carbocycles. The third-order valence-corrected chi connectivity index (χ3v) is 3.17. The molecule has 0 aromatic heterocycles. The SMILES string of the molecule is CC(C)C[C@@H]1CCCC(I)N1. The predicted octanol–water partition coefficient (Wildman–Crippen LogP) is 2.94. The van der Waals surface area contributed by atoms with E-state index in [-0.39, 0.29) is 0 Å². The van der Waals surface area contributed by atoms with Crippen molar-refractivity contribution in [3.63, 3.8) is 0 Å². The quantitative estimate of drug-likeness (QED) is 0.461. The molecule has 1 rings (SSSR count). The molecule has 0 amide bonds. The molecule has 0 aromatic carbocycles. The Kier molecular flexibility index (Phi) is 4.13. The predicted molar refractivity (Wildman–Crippen MR) is 58.0 cm³/mol. The maximum atomic E-state index is 3.63. The van der Waals surface area contributed by atoms with Gasteiger partial charge in [-0.15, -0.1) is 0 Å². The molecule has 0 radical (unpaired) electrons. The molecule has 1 unspecified atom stereocenters. The van der Waals surface area contributed by atoms with Gasteiger partial charge < -0.3 is 5.32 Å². The van der Waals surface area contributed by atoms with Gasteiger partial charge in [0, 0.05) is 6.04 Å². The molecule has 0 aliphatic carbocycles. The van der Waals surface area contributed by atoms with Crippen molar-refractivity contribution in [2.24, 2.45) is 5.92 Å². The molecule has 0 bridgehead atoms. The summed E-state index contributed by atoms with van der Waals surface area (Å²) in [5.41, 5.74) is 0. The Balaban J connectivity index is 2.23. The van der Waals surface area contributed by atoms with Gasteiger partial charge in [-0.25, -0.2) is 0 Å². The number of piperidine rings is 1. The van der Waals surface area contributed by atoms with Gasteiger partial charge in [-0.2, -0.15) is 0 Å². The molecule has 1 saturated heterocycles. The van der Waals surface area contributed by atoms with Gasteiger partial charge in [0.15, 0.2) is 0 Å². The molecule has 1 N–H and O–H groups in total. The summed E-state index contributed by atoms with van der Waals surface area (Å²) in [7, 11) is 0. The molecular weight excluding hydrogens is 249 g/mol. The Morgan fingerprint density at radius 1 is 1.45 bits per heavy atom. The Labute approximate surface area is 83.5 Å². The molecule has 66 valence electrons. The van der Waals surface area contributed by atoms with E-state index in [1.807, 2.05) is 0 Å². The summed E-state index contributed by atoms with van der Waals surface area (Å²) < 4.78 is 0.727. The largest absolute Gasteiger partial charge is 0.303 e. The van der Waals surface area contributed by atoms with Crippen molar-refractivity contribution in [1.82, 2.24) is 5.32 Å². The van der Waals surface area contributed by atoms with E-state index in [0.717, 1.165) is 16.0 Å². The highest BCUT2D eigenvalue weighted by molar-refractivity contribution is 14.1. The van der Waals surface area contributed by atoms with Gasteiger partial charge in [-0.1, -0.05) is 36.4 Å². The maximum absolute atomic E-state index is 3.63. The molecule has 1 aliphatic heterocycles. The summed E-state index contributed by atoms with van der Waals surface area (Å²) in [6, 6.07) is 0.797. The monoisotopic (exact) mass is 267 g/mol. The average molecular weight is 267 g/mol. The lowest BCUT2D eigenvalue weighted by Crippen LogP contribution is -2.39. The first-order valence-electron chi connectivity index (χ1n) is 4.58. The van der Waals surface area contributed by atoms with Crippen molar-refractivity contribution in [2.45, 2.75) is 49.6 Å². The number of hydrogen-bond acceptors (Lipinski definition) is 1. The first-order valence-corrected chi connectivity index (χ1v) is 5.83. The Hall–Kier alpha value is 0.690. The second kappa shape index (κ2) is 4.65. The number of halogens is 1. The van der Waals surface area contributed by atoms with Crippen LogP contribution in [-0.4, -0.2) is 10.1 Å². The Bertz CT molecular complexity index is 112. The van der Waals surface area contributed by atoms with Crippen LogP contribution in [0.5, 0.6) is 0 Å². The third kappa shape index (κ3) is 3.74. The Morgan fingerprint density at radius 2 is 2.18 bits per heavy atom. The van der Waals surface area contributed by atoms with Crippen LogP contribution >= 0.6 is 22.6 Å². The van der Waals surface area contributed by atoms with Crippen molar-refractivity contribution >= 4 is 22.6 Å². The zero-order valence-corrected chi connectivity index (χ0v) is 9.60. The molecule has 1 aliphatic rings. The topological polar surface area (TPSA) is 12.0 Å². The van der Waals surface area contributed by atoms with E-state index >= 15 is 0 Å². The third-order valence-electron chi connectivity index (χ3n) is 2.18. The summed E-state index contributed by atoms with van der Waals surface area (Å²) in [6.07, 6.45) is 5.50. The van der Waals surface area contributed by atoms with Gasteiger partial charge in [-0.05, 0) is 31.6 Å². The van der Waals surface area contributed by atoms with Crippen LogP contribution in [0.1, 0.15) is 39.5 Å². The van der Waals surface area contributed by atoms with Gasteiger partial charge in [0.2, 0.25) is 0 Å². The molecule has 0 spiro atoms. The van der Waals surface area contributed by atoms with E-state index < -0.39 is 0 Å². The minimum absolute atomic E-state index is 0.727. The first-order chi connectivity index (χ1) is 5.18. The standard InChI is InChI=1S/C9H18IN/c1-7(2)6-8-4-3-5-9(10)11-8/h7-9,11H,3-6H2,1-2H3/t8-,9?/m0/s1. The fourth-order valence-corrected chi connectivity index (χ4v) is 2.67. The minimum atomic E-state index is 0.727. The van der Waals surface area contributed by atoms with Crippen LogP contribution < -0.4 is 5.32 Å². The zero-order valence-electron chi connectivity index (χ0n) is 7.44. The highest BCUT2D eigenvalue weighted by atomic mass is 127. The van der Waals surface area contributed by atoms with Gasteiger partial charge in [-0.3, -0.25) is 0 Å². The number of rotatable bonds is 2. The van der Waals surface area contributed by atoms with Crippen LogP contribution in [0.25, 0.3) is 0 Å². The molecule has 1 heterocycles. The van der Waals surface area contributed by atoms with E-state index in [2.05, 4.69) is 41.8 Å². The van der Waals surface area contributed by atoms with Gasteiger partial charge in [0.1, 0.15) is 0 Å². The summed E-state index contributed by atoms with van der Waals surface area (Å²) >= 11 is 2.51. The van der Waals surface area contributed by atoms with E-state index in [0.29, 0.717) is 0 Å². The second-order valence-corrected chi connectivity index (χ2v) is 5.40. The molecule has 1 nitrogen and oxygen atoms in total. The summed E-state index contributed by atoms with van der Waals surface area (Å²) in [5.74, 6) is 0.842. The fraction of sp³-hybridized carbons (Fsp3) is 1.00. The summed E-state index contributed by atoms with van der Waals surface area (Å²) in [5, 5.41) is 3.63. The lowest BCUT2D eigenvalue weighted by Gasteiger charge is -2.28. The van der Waals surface area contributed by atoms with Gasteiger partial charge >= 0.3 is 0 Å². The zero-order chi connectivity index (χ0) is 8.27. The van der Waals surface area contributed by atoms with Crippen LogP contribution in [0.4, 0.5) is 0 Å². The van der Waals surface area contributed by atoms with E-state index in [4.69, 9.17) is 0 Å². The molecule has 2 heteroatoms. The molecule has 11 heavy (non-hydrogen) atoms. The van der Waals surface area contributed by atoms with Crippen LogP contribution in [0.3, 0.4) is 0 Å². The molecule has 0 aromatic rings. The fourth-order valence-electron chi connectivity index (χ4n) is 1.72. The van der Waals surface area contributed by atoms with Crippen LogP contribution in [-0.2, 0) is 0 Å². The van der Waals surface area contributed by atoms with Crippen LogP contribution in [0, 0.1) is 5.92 Å². The van der Waals surface area contributed by atoms with Gasteiger partial charge in [0.25, 0.3) is 0 Å². The number of alkyl halides is 1.